The van der Waals surface area contributed by atoms with Crippen LogP contribution in [0.25, 0.3) is 0 Å². The van der Waals surface area contributed by atoms with Crippen molar-refractivity contribution in [1.82, 2.24) is 15.1 Å². The number of hydrogen-bond donors (Lipinski definition) is 1. The molecule has 2 amide bonds. The zero-order chi connectivity index (χ0) is 16.9. The van der Waals surface area contributed by atoms with Crippen LogP contribution in [0.15, 0.2) is 24.3 Å². The van der Waals surface area contributed by atoms with Crippen LogP contribution in [-0.2, 0) is 5.41 Å². The highest BCUT2D eigenvalue weighted by Crippen LogP contribution is 2.25. The molecule has 0 aromatic heterocycles. The predicted octanol–water partition coefficient (Wildman–Crippen LogP) is 2.32. The summed E-state index contributed by atoms with van der Waals surface area (Å²) >= 11 is 0. The fourth-order valence-corrected chi connectivity index (χ4v) is 2.50. The van der Waals surface area contributed by atoms with Crippen molar-refractivity contribution >= 4 is 6.03 Å². The van der Waals surface area contributed by atoms with Gasteiger partial charge in [-0.15, -0.1) is 0 Å². The van der Waals surface area contributed by atoms with Crippen LogP contribution >= 0.6 is 0 Å². The first-order valence-electron chi connectivity index (χ1n) is 8.31. The van der Waals surface area contributed by atoms with Crippen LogP contribution in [0.4, 0.5) is 4.79 Å². The maximum absolute atomic E-state index is 12.0. The van der Waals surface area contributed by atoms with Crippen LogP contribution in [0.2, 0.25) is 0 Å². The number of hydrogen-bond acceptors (Lipinski definition) is 3. The van der Waals surface area contributed by atoms with Crippen molar-refractivity contribution in [1.29, 1.82) is 0 Å². The molecule has 0 aliphatic carbocycles. The Bertz CT molecular complexity index is 517. The van der Waals surface area contributed by atoms with Gasteiger partial charge in [-0.2, -0.15) is 0 Å². The monoisotopic (exact) mass is 319 g/mol. The molecular weight excluding hydrogens is 290 g/mol. The van der Waals surface area contributed by atoms with E-state index in [4.69, 9.17) is 4.74 Å². The number of ether oxygens (including phenoxy) is 1. The SMILES string of the molecule is CN1CCN(C(=O)NCCOc2cccc(C(C)(C)C)c2)CC1. The van der Waals surface area contributed by atoms with E-state index in [-0.39, 0.29) is 11.4 Å². The number of rotatable bonds is 4. The van der Waals surface area contributed by atoms with E-state index in [9.17, 15) is 4.79 Å². The summed E-state index contributed by atoms with van der Waals surface area (Å²) in [5.41, 5.74) is 1.35. The van der Waals surface area contributed by atoms with Crippen LogP contribution < -0.4 is 10.1 Å². The van der Waals surface area contributed by atoms with Gasteiger partial charge < -0.3 is 19.9 Å². The van der Waals surface area contributed by atoms with Gasteiger partial charge in [-0.3, -0.25) is 0 Å². The topological polar surface area (TPSA) is 44.8 Å². The van der Waals surface area contributed by atoms with Crippen LogP contribution in [0.1, 0.15) is 26.3 Å². The molecular formula is C18H29N3O2. The Labute approximate surface area is 139 Å². The summed E-state index contributed by atoms with van der Waals surface area (Å²) in [7, 11) is 2.08. The normalized spacial score (nSPS) is 16.3. The van der Waals surface area contributed by atoms with Gasteiger partial charge in [0, 0.05) is 26.2 Å². The lowest BCUT2D eigenvalue weighted by Crippen LogP contribution is -2.51. The van der Waals surface area contributed by atoms with E-state index in [0.29, 0.717) is 13.2 Å². The molecule has 1 fully saturated rings. The van der Waals surface area contributed by atoms with Gasteiger partial charge in [-0.1, -0.05) is 32.9 Å². The van der Waals surface area contributed by atoms with Gasteiger partial charge in [0.1, 0.15) is 12.4 Å². The number of benzene rings is 1. The molecule has 1 heterocycles. The lowest BCUT2D eigenvalue weighted by molar-refractivity contribution is 0.153. The van der Waals surface area contributed by atoms with Crippen LogP contribution in [0.3, 0.4) is 0 Å². The molecule has 0 spiro atoms. The van der Waals surface area contributed by atoms with Crippen molar-refractivity contribution in [3.63, 3.8) is 0 Å². The molecule has 1 N–H and O–H groups in total. The van der Waals surface area contributed by atoms with Crippen LogP contribution in [0.5, 0.6) is 5.75 Å². The second-order valence-electron chi connectivity index (χ2n) is 7.15. The van der Waals surface area contributed by atoms with E-state index in [1.54, 1.807) is 0 Å². The van der Waals surface area contributed by atoms with Crippen molar-refractivity contribution in [3.05, 3.63) is 29.8 Å². The van der Waals surface area contributed by atoms with Crippen LogP contribution in [0, 0.1) is 0 Å². The van der Waals surface area contributed by atoms with Gasteiger partial charge in [0.15, 0.2) is 0 Å². The van der Waals surface area contributed by atoms with E-state index < -0.39 is 0 Å². The van der Waals surface area contributed by atoms with Gasteiger partial charge in [-0.05, 0) is 30.2 Å². The van der Waals surface area contributed by atoms with Gasteiger partial charge in [-0.25, -0.2) is 4.79 Å². The minimum Gasteiger partial charge on any atom is -0.492 e. The van der Waals surface area contributed by atoms with E-state index in [1.165, 1.54) is 5.56 Å². The molecule has 1 aliphatic rings. The Kier molecular flexibility index (Phi) is 5.88. The Balaban J connectivity index is 1.72. The number of amides is 2. The molecule has 0 atom stereocenters. The van der Waals surface area contributed by atoms with Crippen molar-refractivity contribution in [2.24, 2.45) is 0 Å². The summed E-state index contributed by atoms with van der Waals surface area (Å²) in [6.07, 6.45) is 0. The third-order valence-electron chi connectivity index (χ3n) is 4.14. The highest BCUT2D eigenvalue weighted by molar-refractivity contribution is 5.74. The summed E-state index contributed by atoms with van der Waals surface area (Å²) < 4.78 is 5.76. The molecule has 5 nitrogen and oxygen atoms in total. The minimum atomic E-state index is 0.00476. The average molecular weight is 319 g/mol. The third-order valence-corrected chi connectivity index (χ3v) is 4.14. The number of urea groups is 1. The molecule has 23 heavy (non-hydrogen) atoms. The van der Waals surface area contributed by atoms with Gasteiger partial charge in [0.05, 0.1) is 6.54 Å². The highest BCUT2D eigenvalue weighted by atomic mass is 16.5. The van der Waals surface area contributed by atoms with Crippen molar-refractivity contribution in [2.75, 3.05) is 46.4 Å². The maximum atomic E-state index is 12.0. The van der Waals surface area contributed by atoms with E-state index >= 15 is 0 Å². The van der Waals surface area contributed by atoms with Gasteiger partial charge in [0.2, 0.25) is 0 Å². The van der Waals surface area contributed by atoms with Gasteiger partial charge >= 0.3 is 6.03 Å². The van der Waals surface area contributed by atoms with Crippen LogP contribution in [-0.4, -0.2) is 62.2 Å². The number of nitrogens with one attached hydrogen (secondary N) is 1. The molecule has 0 saturated carbocycles. The first-order valence-corrected chi connectivity index (χ1v) is 8.31. The van der Waals surface area contributed by atoms with Crippen molar-refractivity contribution in [2.45, 2.75) is 26.2 Å². The summed E-state index contributed by atoms with van der Waals surface area (Å²) in [4.78, 5) is 16.1. The molecule has 1 aromatic rings. The molecule has 2 rings (SSSR count). The first-order chi connectivity index (χ1) is 10.9. The van der Waals surface area contributed by atoms with Crippen molar-refractivity contribution in [3.8, 4) is 5.75 Å². The Morgan fingerprint density at radius 1 is 1.22 bits per heavy atom. The predicted molar refractivity (Wildman–Crippen MR) is 93.1 cm³/mol. The Morgan fingerprint density at radius 2 is 1.91 bits per heavy atom. The maximum Gasteiger partial charge on any atom is 0.317 e. The Hall–Kier alpha value is -1.75. The smallest absolute Gasteiger partial charge is 0.317 e. The largest absolute Gasteiger partial charge is 0.492 e. The fraction of sp³-hybridized carbons (Fsp3) is 0.611. The average Bonchev–Trinajstić information content (AvgIpc) is 2.51. The molecule has 5 heteroatoms. The molecule has 1 aromatic carbocycles. The number of likely N-dealkylation sites (N-methyl/N-ethyl adjacent to an activating group) is 1. The van der Waals surface area contributed by atoms with Crippen molar-refractivity contribution < 1.29 is 9.53 Å². The fourth-order valence-electron chi connectivity index (χ4n) is 2.50. The lowest BCUT2D eigenvalue weighted by atomic mass is 9.87. The van der Waals surface area contributed by atoms with Gasteiger partial charge in [0.25, 0.3) is 0 Å². The number of carbonyl (C=O) groups excluding carboxylic acids is 1. The molecule has 0 unspecified atom stereocenters. The zero-order valence-electron chi connectivity index (χ0n) is 14.8. The van der Waals surface area contributed by atoms with E-state index in [2.05, 4.69) is 50.2 Å². The molecule has 1 saturated heterocycles. The third kappa shape index (κ3) is 5.43. The summed E-state index contributed by atoms with van der Waals surface area (Å²) in [6.45, 7) is 11.0. The highest BCUT2D eigenvalue weighted by Gasteiger charge is 2.18. The quantitative estimate of drug-likeness (QED) is 0.866. The summed E-state index contributed by atoms with van der Waals surface area (Å²) in [5.74, 6) is 0.853. The molecule has 0 radical (unpaired) electrons. The summed E-state index contributed by atoms with van der Waals surface area (Å²) in [5, 5.41) is 2.93. The Morgan fingerprint density at radius 3 is 2.57 bits per heavy atom. The molecule has 1 aliphatic heterocycles. The zero-order valence-corrected chi connectivity index (χ0v) is 14.8. The van der Waals surface area contributed by atoms with E-state index in [1.807, 2.05) is 17.0 Å². The number of carbonyl (C=O) groups is 1. The molecule has 0 bridgehead atoms. The lowest BCUT2D eigenvalue weighted by Gasteiger charge is -2.32. The second kappa shape index (κ2) is 7.68. The first kappa shape index (κ1) is 17.6. The standard InChI is InChI=1S/C18H29N3O2/c1-18(2,3)15-6-5-7-16(14-15)23-13-8-19-17(22)21-11-9-20(4)10-12-21/h5-7,14H,8-13H2,1-4H3,(H,19,22). The molecule has 128 valence electrons. The second-order valence-corrected chi connectivity index (χ2v) is 7.15. The summed E-state index contributed by atoms with van der Waals surface area (Å²) in [6, 6.07) is 8.16. The number of piperazine rings is 1. The number of nitrogens with zero attached hydrogens (tertiary/aromatic N) is 2. The van der Waals surface area contributed by atoms with E-state index in [0.717, 1.165) is 31.9 Å². The minimum absolute atomic E-state index is 0.00476.